The number of hydrogen-bond donors (Lipinski definition) is 1. The lowest BCUT2D eigenvalue weighted by molar-refractivity contribution is 0.181. The molecule has 0 saturated carbocycles. The van der Waals surface area contributed by atoms with Gasteiger partial charge in [-0.05, 0) is 45.3 Å². The maximum Gasteiger partial charge on any atom is 0.227 e. The molecule has 1 unspecified atom stereocenters. The Morgan fingerprint density at radius 2 is 2.18 bits per heavy atom. The van der Waals surface area contributed by atoms with E-state index in [4.69, 9.17) is 4.52 Å². The monoisotopic (exact) mass is 239 g/mol. The van der Waals surface area contributed by atoms with Gasteiger partial charge in [-0.3, -0.25) is 0 Å². The molecular formula is C12H21N3O2. The molecule has 1 atom stereocenters. The second-order valence-electron chi connectivity index (χ2n) is 4.80. The molecule has 1 N–H and O–H groups in total. The topological polar surface area (TPSA) is 62.4 Å². The van der Waals surface area contributed by atoms with Crippen LogP contribution in [0, 0.1) is 5.92 Å². The summed E-state index contributed by atoms with van der Waals surface area (Å²) in [7, 11) is 0. The predicted molar refractivity (Wildman–Crippen MR) is 63.5 cm³/mol. The number of hydrogen-bond acceptors (Lipinski definition) is 5. The number of aliphatic hydroxyl groups excluding tert-OH is 1. The van der Waals surface area contributed by atoms with Gasteiger partial charge in [0.15, 0.2) is 5.82 Å². The van der Waals surface area contributed by atoms with Crippen molar-refractivity contribution in [1.29, 1.82) is 0 Å². The quantitative estimate of drug-likeness (QED) is 0.860. The van der Waals surface area contributed by atoms with Crippen LogP contribution in [0.25, 0.3) is 0 Å². The molecule has 2 rings (SSSR count). The van der Waals surface area contributed by atoms with E-state index in [-0.39, 0.29) is 0 Å². The second kappa shape index (κ2) is 5.60. The molecule has 0 amide bonds. The number of aromatic nitrogens is 2. The van der Waals surface area contributed by atoms with Crippen LogP contribution in [0.5, 0.6) is 0 Å². The average molecular weight is 239 g/mol. The smallest absolute Gasteiger partial charge is 0.227 e. The molecule has 1 aromatic rings. The van der Waals surface area contributed by atoms with Crippen LogP contribution >= 0.6 is 0 Å². The SMILES string of the molecule is CCN1CCC(Cc2nc(C(C)O)no2)CC1. The first kappa shape index (κ1) is 12.5. The van der Waals surface area contributed by atoms with Gasteiger partial charge in [-0.1, -0.05) is 12.1 Å². The second-order valence-corrected chi connectivity index (χ2v) is 4.80. The van der Waals surface area contributed by atoms with E-state index >= 15 is 0 Å². The molecule has 0 spiro atoms. The molecule has 17 heavy (non-hydrogen) atoms. The third-order valence-electron chi connectivity index (χ3n) is 3.48. The molecule has 0 aliphatic carbocycles. The Balaban J connectivity index is 1.84. The summed E-state index contributed by atoms with van der Waals surface area (Å²) in [6.07, 6.45) is 2.59. The molecule has 2 heterocycles. The van der Waals surface area contributed by atoms with Gasteiger partial charge >= 0.3 is 0 Å². The third kappa shape index (κ3) is 3.26. The minimum Gasteiger partial charge on any atom is -0.385 e. The fourth-order valence-corrected chi connectivity index (χ4v) is 2.27. The average Bonchev–Trinajstić information content (AvgIpc) is 2.79. The molecule has 1 saturated heterocycles. The van der Waals surface area contributed by atoms with Crippen LogP contribution in [0.15, 0.2) is 4.52 Å². The first-order chi connectivity index (χ1) is 8.19. The van der Waals surface area contributed by atoms with Gasteiger partial charge in [0.1, 0.15) is 6.10 Å². The van der Waals surface area contributed by atoms with Gasteiger partial charge in [0.25, 0.3) is 0 Å². The van der Waals surface area contributed by atoms with Crippen molar-refractivity contribution >= 4 is 0 Å². The highest BCUT2D eigenvalue weighted by atomic mass is 16.5. The zero-order valence-electron chi connectivity index (χ0n) is 10.6. The summed E-state index contributed by atoms with van der Waals surface area (Å²) in [5, 5.41) is 13.1. The van der Waals surface area contributed by atoms with Crippen LogP contribution in [0.3, 0.4) is 0 Å². The van der Waals surface area contributed by atoms with Gasteiger partial charge in [-0.2, -0.15) is 4.98 Å². The summed E-state index contributed by atoms with van der Waals surface area (Å²) in [4.78, 5) is 6.67. The molecule has 5 heteroatoms. The van der Waals surface area contributed by atoms with E-state index in [0.29, 0.717) is 17.6 Å². The lowest BCUT2D eigenvalue weighted by atomic mass is 9.93. The molecular weight excluding hydrogens is 218 g/mol. The molecule has 0 aromatic carbocycles. The minimum atomic E-state index is -0.644. The Hall–Kier alpha value is -0.940. The molecule has 1 aliphatic rings. The fourth-order valence-electron chi connectivity index (χ4n) is 2.27. The van der Waals surface area contributed by atoms with E-state index in [2.05, 4.69) is 22.0 Å². The molecule has 0 bridgehead atoms. The highest BCUT2D eigenvalue weighted by Gasteiger charge is 2.21. The van der Waals surface area contributed by atoms with Crippen molar-refractivity contribution < 1.29 is 9.63 Å². The van der Waals surface area contributed by atoms with Gasteiger partial charge in [0.05, 0.1) is 0 Å². The summed E-state index contributed by atoms with van der Waals surface area (Å²) < 4.78 is 5.15. The van der Waals surface area contributed by atoms with Crippen LogP contribution < -0.4 is 0 Å². The van der Waals surface area contributed by atoms with Crippen LogP contribution in [-0.2, 0) is 6.42 Å². The van der Waals surface area contributed by atoms with Crippen molar-refractivity contribution in [2.24, 2.45) is 5.92 Å². The lowest BCUT2D eigenvalue weighted by Crippen LogP contribution is -2.34. The molecule has 1 fully saturated rings. The summed E-state index contributed by atoms with van der Waals surface area (Å²) in [6, 6.07) is 0. The first-order valence-corrected chi connectivity index (χ1v) is 6.42. The number of rotatable bonds is 4. The third-order valence-corrected chi connectivity index (χ3v) is 3.48. The van der Waals surface area contributed by atoms with Gasteiger partial charge in [0.2, 0.25) is 5.89 Å². The summed E-state index contributed by atoms with van der Waals surface area (Å²) in [5.74, 6) is 1.70. The maximum atomic E-state index is 9.32. The summed E-state index contributed by atoms with van der Waals surface area (Å²) >= 11 is 0. The van der Waals surface area contributed by atoms with Crippen molar-refractivity contribution in [3.8, 4) is 0 Å². The van der Waals surface area contributed by atoms with Crippen molar-refractivity contribution in [3.63, 3.8) is 0 Å². The van der Waals surface area contributed by atoms with Crippen LogP contribution in [-0.4, -0.2) is 39.8 Å². The van der Waals surface area contributed by atoms with E-state index in [0.717, 1.165) is 13.0 Å². The molecule has 5 nitrogen and oxygen atoms in total. The fraction of sp³-hybridized carbons (Fsp3) is 0.833. The molecule has 1 aromatic heterocycles. The standard InChI is InChI=1S/C12H21N3O2/c1-3-15-6-4-10(5-7-15)8-11-13-12(9(2)16)14-17-11/h9-10,16H,3-8H2,1-2H3. The Kier molecular flexibility index (Phi) is 4.12. The van der Waals surface area contributed by atoms with Crippen molar-refractivity contribution in [1.82, 2.24) is 15.0 Å². The van der Waals surface area contributed by atoms with E-state index in [1.165, 1.54) is 25.9 Å². The number of piperidine rings is 1. The van der Waals surface area contributed by atoms with E-state index in [1.54, 1.807) is 6.92 Å². The van der Waals surface area contributed by atoms with Gasteiger partial charge in [0, 0.05) is 6.42 Å². The van der Waals surface area contributed by atoms with E-state index in [1.807, 2.05) is 0 Å². The highest BCUT2D eigenvalue weighted by Crippen LogP contribution is 2.21. The minimum absolute atomic E-state index is 0.394. The largest absolute Gasteiger partial charge is 0.385 e. The normalized spacial score (nSPS) is 20.6. The predicted octanol–water partition coefficient (Wildman–Crippen LogP) is 1.40. The first-order valence-electron chi connectivity index (χ1n) is 6.42. The van der Waals surface area contributed by atoms with Crippen LogP contribution in [0.1, 0.15) is 44.5 Å². The van der Waals surface area contributed by atoms with Crippen LogP contribution in [0.2, 0.25) is 0 Å². The highest BCUT2D eigenvalue weighted by molar-refractivity contribution is 4.91. The van der Waals surface area contributed by atoms with Crippen molar-refractivity contribution in [2.75, 3.05) is 19.6 Å². The Labute approximate surface area is 102 Å². The molecule has 0 radical (unpaired) electrons. The van der Waals surface area contributed by atoms with E-state index in [9.17, 15) is 5.11 Å². The zero-order chi connectivity index (χ0) is 12.3. The number of nitrogens with zero attached hydrogens (tertiary/aromatic N) is 3. The summed E-state index contributed by atoms with van der Waals surface area (Å²) in [5.41, 5.74) is 0. The molecule has 1 aliphatic heterocycles. The number of likely N-dealkylation sites (tertiary alicyclic amines) is 1. The number of aliphatic hydroxyl groups is 1. The van der Waals surface area contributed by atoms with Crippen molar-refractivity contribution in [3.05, 3.63) is 11.7 Å². The van der Waals surface area contributed by atoms with Crippen LogP contribution in [0.4, 0.5) is 0 Å². The lowest BCUT2D eigenvalue weighted by Gasteiger charge is -2.30. The Morgan fingerprint density at radius 3 is 2.71 bits per heavy atom. The van der Waals surface area contributed by atoms with E-state index < -0.39 is 6.10 Å². The molecule has 96 valence electrons. The van der Waals surface area contributed by atoms with Crippen molar-refractivity contribution in [2.45, 2.75) is 39.2 Å². The summed E-state index contributed by atoms with van der Waals surface area (Å²) in [6.45, 7) is 7.32. The van der Waals surface area contributed by atoms with Gasteiger partial charge in [-0.15, -0.1) is 0 Å². The maximum absolute atomic E-state index is 9.32. The van der Waals surface area contributed by atoms with Gasteiger partial charge < -0.3 is 14.5 Å². The Morgan fingerprint density at radius 1 is 1.47 bits per heavy atom. The zero-order valence-corrected chi connectivity index (χ0v) is 10.6. The Bertz CT molecular complexity index is 343. The van der Waals surface area contributed by atoms with Gasteiger partial charge in [-0.25, -0.2) is 0 Å².